The van der Waals surface area contributed by atoms with E-state index in [1.54, 1.807) is 18.2 Å². The number of ketones is 1. The van der Waals surface area contributed by atoms with Crippen LogP contribution < -0.4 is 4.74 Å². The van der Waals surface area contributed by atoms with E-state index < -0.39 is 9.84 Å². The van der Waals surface area contributed by atoms with Gasteiger partial charge in [-0.05, 0) is 38.5 Å². The number of carbonyl (C=O) groups excluding carboxylic acids is 1. The molecular weight excluding hydrogens is 292 g/mol. The Balaban J connectivity index is 2.97. The average Bonchev–Trinajstić information content (AvgIpc) is 2.40. The van der Waals surface area contributed by atoms with E-state index in [1.165, 1.54) is 14.0 Å². The highest BCUT2D eigenvalue weighted by Crippen LogP contribution is 2.23. The quantitative estimate of drug-likeness (QED) is 0.516. The van der Waals surface area contributed by atoms with Gasteiger partial charge in [-0.2, -0.15) is 0 Å². The van der Waals surface area contributed by atoms with Crippen LogP contribution in [0.15, 0.2) is 18.2 Å². The molecule has 6 heteroatoms. The van der Waals surface area contributed by atoms with Crippen LogP contribution in [0.3, 0.4) is 0 Å². The van der Waals surface area contributed by atoms with Crippen LogP contribution in [0.5, 0.6) is 5.75 Å². The zero-order chi connectivity index (χ0) is 15.9. The summed E-state index contributed by atoms with van der Waals surface area (Å²) in [5, 5.41) is 0. The van der Waals surface area contributed by atoms with Gasteiger partial charge in [-0.1, -0.05) is 0 Å². The second kappa shape index (κ2) is 8.14. The van der Waals surface area contributed by atoms with E-state index in [0.717, 1.165) is 0 Å². The van der Waals surface area contributed by atoms with E-state index in [2.05, 4.69) is 0 Å². The van der Waals surface area contributed by atoms with Crippen LogP contribution in [-0.2, 0) is 20.3 Å². The molecule has 0 unspecified atom stereocenters. The fourth-order valence-electron chi connectivity index (χ4n) is 1.94. The number of hydrogen-bond donors (Lipinski definition) is 0. The molecule has 0 N–H and O–H groups in total. The Kier molecular flexibility index (Phi) is 6.84. The number of sulfone groups is 1. The summed E-state index contributed by atoms with van der Waals surface area (Å²) >= 11 is 0. The minimum absolute atomic E-state index is 0.0523. The first-order chi connectivity index (χ1) is 9.89. The summed E-state index contributed by atoms with van der Waals surface area (Å²) < 4.78 is 34.5. The third kappa shape index (κ3) is 5.85. The summed E-state index contributed by atoms with van der Waals surface area (Å²) in [5.41, 5.74) is 1.02. The lowest BCUT2D eigenvalue weighted by Gasteiger charge is -2.12. The molecule has 0 atom stereocenters. The van der Waals surface area contributed by atoms with Gasteiger partial charge >= 0.3 is 0 Å². The molecule has 0 saturated heterocycles. The maximum absolute atomic E-state index is 12.1. The highest BCUT2D eigenvalue weighted by molar-refractivity contribution is 7.90. The van der Waals surface area contributed by atoms with Gasteiger partial charge in [0.05, 0.1) is 18.1 Å². The van der Waals surface area contributed by atoms with E-state index in [4.69, 9.17) is 9.47 Å². The highest BCUT2D eigenvalue weighted by Gasteiger charge is 2.16. The highest BCUT2D eigenvalue weighted by atomic mass is 32.2. The SMILES string of the molecule is CCOc1ccc(C(C)=O)cc1CS(=O)(=O)CCCOC. The van der Waals surface area contributed by atoms with Crippen LogP contribution in [0.4, 0.5) is 0 Å². The first-order valence-electron chi connectivity index (χ1n) is 6.85. The Labute approximate surface area is 126 Å². The molecule has 0 fully saturated rings. The summed E-state index contributed by atoms with van der Waals surface area (Å²) in [7, 11) is -1.72. The van der Waals surface area contributed by atoms with Gasteiger partial charge in [-0.15, -0.1) is 0 Å². The first-order valence-corrected chi connectivity index (χ1v) is 8.67. The third-order valence-electron chi connectivity index (χ3n) is 2.95. The van der Waals surface area contributed by atoms with Crippen LogP contribution in [0, 0.1) is 0 Å². The molecule has 0 spiro atoms. The number of hydrogen-bond acceptors (Lipinski definition) is 5. The van der Waals surface area contributed by atoms with Crippen molar-refractivity contribution in [3.05, 3.63) is 29.3 Å². The van der Waals surface area contributed by atoms with Crippen LogP contribution in [-0.4, -0.2) is 40.3 Å². The standard InChI is InChI=1S/C15H22O5S/c1-4-20-15-7-6-13(12(2)16)10-14(15)11-21(17,18)9-5-8-19-3/h6-7,10H,4-5,8-9,11H2,1-3H3. The molecule has 0 aliphatic carbocycles. The minimum atomic E-state index is -3.26. The third-order valence-corrected chi connectivity index (χ3v) is 4.61. The number of Topliss-reactive ketones (excluding diaryl/α,β-unsaturated/α-hetero) is 1. The van der Waals surface area contributed by atoms with Crippen molar-refractivity contribution in [2.24, 2.45) is 0 Å². The Morgan fingerprint density at radius 1 is 1.29 bits per heavy atom. The number of benzene rings is 1. The molecule has 0 saturated carbocycles. The van der Waals surface area contributed by atoms with Gasteiger partial charge in [0.25, 0.3) is 0 Å². The normalized spacial score (nSPS) is 11.4. The van der Waals surface area contributed by atoms with E-state index in [0.29, 0.717) is 36.5 Å². The zero-order valence-electron chi connectivity index (χ0n) is 12.7. The fraction of sp³-hybridized carbons (Fsp3) is 0.533. The molecule has 0 bridgehead atoms. The molecule has 0 radical (unpaired) electrons. The summed E-state index contributed by atoms with van der Waals surface area (Å²) in [4.78, 5) is 11.4. The number of ether oxygens (including phenoxy) is 2. The van der Waals surface area contributed by atoms with Crippen molar-refractivity contribution >= 4 is 15.6 Å². The zero-order valence-corrected chi connectivity index (χ0v) is 13.5. The molecule has 5 nitrogen and oxygen atoms in total. The lowest BCUT2D eigenvalue weighted by molar-refractivity contribution is 0.101. The molecule has 1 aromatic carbocycles. The molecule has 0 aliphatic rings. The van der Waals surface area contributed by atoms with Gasteiger partial charge in [0.15, 0.2) is 15.6 Å². The first kappa shape index (κ1) is 17.7. The Morgan fingerprint density at radius 3 is 2.57 bits per heavy atom. The van der Waals surface area contributed by atoms with E-state index in [9.17, 15) is 13.2 Å². The van der Waals surface area contributed by atoms with Gasteiger partial charge in [0.1, 0.15) is 5.75 Å². The fourth-order valence-corrected chi connectivity index (χ4v) is 3.34. The average molecular weight is 314 g/mol. The molecular formula is C15H22O5S. The molecule has 21 heavy (non-hydrogen) atoms. The lowest BCUT2D eigenvalue weighted by Crippen LogP contribution is -2.12. The van der Waals surface area contributed by atoms with Gasteiger partial charge in [0, 0.05) is 24.8 Å². The molecule has 0 aliphatic heterocycles. The summed E-state index contributed by atoms with van der Waals surface area (Å²) in [6.07, 6.45) is 0.454. The minimum Gasteiger partial charge on any atom is -0.494 e. The largest absolute Gasteiger partial charge is 0.494 e. The van der Waals surface area contributed by atoms with Gasteiger partial charge in [-0.25, -0.2) is 8.42 Å². The van der Waals surface area contributed by atoms with Crippen molar-refractivity contribution < 1.29 is 22.7 Å². The predicted octanol–water partition coefficient (Wildman–Crippen LogP) is 2.24. The van der Waals surface area contributed by atoms with Crippen molar-refractivity contribution in [1.29, 1.82) is 0 Å². The Hall–Kier alpha value is -1.40. The van der Waals surface area contributed by atoms with Crippen LogP contribution in [0.2, 0.25) is 0 Å². The summed E-state index contributed by atoms with van der Waals surface area (Å²) in [6.45, 7) is 4.13. The van der Waals surface area contributed by atoms with Crippen LogP contribution >= 0.6 is 0 Å². The van der Waals surface area contributed by atoms with Gasteiger partial charge < -0.3 is 9.47 Å². The number of carbonyl (C=O) groups is 1. The molecule has 1 aromatic rings. The van der Waals surface area contributed by atoms with Gasteiger partial charge in [0.2, 0.25) is 0 Å². The smallest absolute Gasteiger partial charge is 0.159 e. The van der Waals surface area contributed by atoms with Crippen LogP contribution in [0.1, 0.15) is 36.2 Å². The van der Waals surface area contributed by atoms with E-state index >= 15 is 0 Å². The molecule has 0 heterocycles. The van der Waals surface area contributed by atoms with Crippen molar-refractivity contribution in [3.63, 3.8) is 0 Å². The van der Waals surface area contributed by atoms with Gasteiger partial charge in [-0.3, -0.25) is 4.79 Å². The van der Waals surface area contributed by atoms with E-state index in [1.807, 2.05) is 6.92 Å². The Morgan fingerprint density at radius 2 is 2.00 bits per heavy atom. The van der Waals surface area contributed by atoms with Crippen molar-refractivity contribution in [2.45, 2.75) is 26.0 Å². The van der Waals surface area contributed by atoms with Crippen LogP contribution in [0.25, 0.3) is 0 Å². The van der Waals surface area contributed by atoms with Crippen molar-refractivity contribution in [1.82, 2.24) is 0 Å². The molecule has 118 valence electrons. The number of methoxy groups -OCH3 is 1. The van der Waals surface area contributed by atoms with Crippen molar-refractivity contribution in [2.75, 3.05) is 26.1 Å². The topological polar surface area (TPSA) is 69.7 Å². The Bertz CT molecular complexity index is 578. The second-order valence-electron chi connectivity index (χ2n) is 4.75. The predicted molar refractivity (Wildman–Crippen MR) is 81.6 cm³/mol. The number of rotatable bonds is 9. The molecule has 0 amide bonds. The maximum atomic E-state index is 12.1. The van der Waals surface area contributed by atoms with E-state index in [-0.39, 0.29) is 17.3 Å². The molecule has 0 aromatic heterocycles. The summed E-state index contributed by atoms with van der Waals surface area (Å²) in [6, 6.07) is 4.90. The monoisotopic (exact) mass is 314 g/mol. The lowest BCUT2D eigenvalue weighted by atomic mass is 10.1. The summed E-state index contributed by atoms with van der Waals surface area (Å²) in [5.74, 6) is 0.332. The second-order valence-corrected chi connectivity index (χ2v) is 6.93. The molecule has 1 rings (SSSR count). The van der Waals surface area contributed by atoms with Crippen molar-refractivity contribution in [3.8, 4) is 5.75 Å². The maximum Gasteiger partial charge on any atom is 0.159 e.